The van der Waals surface area contributed by atoms with Gasteiger partial charge in [0.2, 0.25) is 0 Å². The zero-order chi connectivity index (χ0) is 44.3. The minimum absolute atomic E-state index is 0.0319. The number of methoxy groups -OCH3 is 1. The van der Waals surface area contributed by atoms with Crippen LogP contribution in [0.4, 0.5) is 0 Å². The minimum atomic E-state index is -0.924. The van der Waals surface area contributed by atoms with E-state index in [9.17, 15) is 14.4 Å². The number of aliphatic carboxylic acids is 1. The first-order valence-corrected chi connectivity index (χ1v) is 20.5. The Bertz CT molecular complexity index is 1600. The topological polar surface area (TPSA) is 127 Å². The SMILES string of the molecule is CCCC(=O)OC1CC(C)C(/C=C/C(C)=C/C=C/C(C)=C/C=C/C=C(C)/C=C/C=C(C)/C=C/C2C(C)=CC(OC)CC2(C)C)C(C)(C)C1.O=CCCC(=O)O.O=CO. The predicted molar refractivity (Wildman–Crippen MR) is 239 cm³/mol. The molecule has 0 spiro atoms. The lowest BCUT2D eigenvalue weighted by Gasteiger charge is -2.44. The second kappa shape index (κ2) is 28.8. The molecule has 0 aromatic carbocycles. The summed E-state index contributed by atoms with van der Waals surface area (Å²) < 4.78 is 11.4. The highest BCUT2D eigenvalue weighted by Crippen LogP contribution is 2.46. The molecule has 1 fully saturated rings. The first-order chi connectivity index (χ1) is 27.3. The molecule has 58 heavy (non-hydrogen) atoms. The largest absolute Gasteiger partial charge is 0.483 e. The van der Waals surface area contributed by atoms with Gasteiger partial charge in [0.25, 0.3) is 6.47 Å². The van der Waals surface area contributed by atoms with E-state index in [1.165, 1.54) is 27.9 Å². The fraction of sp³-hybridized carbons (Fsp3) is 0.520. The van der Waals surface area contributed by atoms with E-state index >= 15 is 0 Å². The highest BCUT2D eigenvalue weighted by molar-refractivity contribution is 5.70. The van der Waals surface area contributed by atoms with E-state index in [1.54, 1.807) is 7.11 Å². The van der Waals surface area contributed by atoms with Gasteiger partial charge in [-0.3, -0.25) is 14.4 Å². The molecule has 1 saturated carbocycles. The van der Waals surface area contributed by atoms with Crippen LogP contribution >= 0.6 is 0 Å². The molecule has 0 amide bonds. The number of carbonyl (C=O) groups is 4. The highest BCUT2D eigenvalue weighted by atomic mass is 16.5. The van der Waals surface area contributed by atoms with Gasteiger partial charge in [-0.05, 0) is 83.0 Å². The fourth-order valence-electron chi connectivity index (χ4n) is 7.43. The molecule has 5 unspecified atom stereocenters. The summed E-state index contributed by atoms with van der Waals surface area (Å²) >= 11 is 0. The number of carbonyl (C=O) groups excluding carboxylic acids is 2. The average Bonchev–Trinajstić information content (AvgIpc) is 3.11. The van der Waals surface area contributed by atoms with E-state index in [0.717, 1.165) is 25.7 Å². The van der Waals surface area contributed by atoms with Gasteiger partial charge in [0.1, 0.15) is 12.4 Å². The maximum Gasteiger partial charge on any atom is 0.306 e. The number of carboxylic acid groups (broad SMARTS) is 2. The van der Waals surface area contributed by atoms with Crippen molar-refractivity contribution in [2.75, 3.05) is 7.11 Å². The van der Waals surface area contributed by atoms with Crippen LogP contribution in [0.15, 0.2) is 119 Å². The van der Waals surface area contributed by atoms with Crippen molar-refractivity contribution in [1.29, 1.82) is 0 Å². The molecule has 0 aromatic rings. The first kappa shape index (κ1) is 53.4. The van der Waals surface area contributed by atoms with E-state index in [1.807, 2.05) is 6.92 Å². The van der Waals surface area contributed by atoms with Crippen LogP contribution in [0.1, 0.15) is 121 Å². The molecule has 322 valence electrons. The molecular formula is C50H74O8. The third-order valence-corrected chi connectivity index (χ3v) is 10.3. The maximum atomic E-state index is 12.0. The Hall–Kier alpha value is -4.56. The first-order valence-electron chi connectivity index (χ1n) is 20.5. The lowest BCUT2D eigenvalue weighted by atomic mass is 9.63. The normalized spacial score (nSPS) is 24.0. The van der Waals surface area contributed by atoms with Gasteiger partial charge >= 0.3 is 11.9 Å². The minimum Gasteiger partial charge on any atom is -0.483 e. The summed E-state index contributed by atoms with van der Waals surface area (Å²) in [6, 6.07) is 0. The van der Waals surface area contributed by atoms with Crippen molar-refractivity contribution in [3.63, 3.8) is 0 Å². The summed E-state index contributed by atoms with van der Waals surface area (Å²) in [5, 5.41) is 14.8. The van der Waals surface area contributed by atoms with Gasteiger partial charge in [-0.15, -0.1) is 0 Å². The van der Waals surface area contributed by atoms with Crippen LogP contribution in [0.5, 0.6) is 0 Å². The van der Waals surface area contributed by atoms with Gasteiger partial charge in [-0.1, -0.05) is 161 Å². The van der Waals surface area contributed by atoms with Crippen LogP contribution in [0, 0.1) is 28.6 Å². The molecule has 2 aliphatic rings. The molecule has 2 N–H and O–H groups in total. The summed E-state index contributed by atoms with van der Waals surface area (Å²) in [6.07, 6.45) is 37.9. The van der Waals surface area contributed by atoms with Crippen molar-refractivity contribution in [3.05, 3.63) is 119 Å². The van der Waals surface area contributed by atoms with Gasteiger partial charge in [-0.25, -0.2) is 0 Å². The van der Waals surface area contributed by atoms with E-state index in [4.69, 9.17) is 24.5 Å². The van der Waals surface area contributed by atoms with Crippen molar-refractivity contribution in [1.82, 2.24) is 0 Å². The molecule has 0 aromatic heterocycles. The van der Waals surface area contributed by atoms with Crippen molar-refractivity contribution >= 4 is 24.7 Å². The number of carboxylic acids is 1. The summed E-state index contributed by atoms with van der Waals surface area (Å²) in [6.45, 7) is 24.1. The van der Waals surface area contributed by atoms with E-state index in [0.29, 0.717) is 30.5 Å². The quantitative estimate of drug-likeness (QED) is 0.0644. The predicted octanol–water partition coefficient (Wildman–Crippen LogP) is 12.1. The van der Waals surface area contributed by atoms with Crippen LogP contribution in [-0.2, 0) is 28.7 Å². The van der Waals surface area contributed by atoms with Crippen LogP contribution in [0.3, 0.4) is 0 Å². The molecule has 8 nitrogen and oxygen atoms in total. The third kappa shape index (κ3) is 23.0. The van der Waals surface area contributed by atoms with Gasteiger partial charge < -0.3 is 24.5 Å². The maximum absolute atomic E-state index is 12.0. The summed E-state index contributed by atoms with van der Waals surface area (Å²) in [5.74, 6) is 0.362. The summed E-state index contributed by atoms with van der Waals surface area (Å²) in [4.78, 5) is 39.4. The van der Waals surface area contributed by atoms with Crippen molar-refractivity contribution in [3.8, 4) is 0 Å². The van der Waals surface area contributed by atoms with Gasteiger partial charge in [-0.2, -0.15) is 0 Å². The number of aldehydes is 1. The van der Waals surface area contributed by atoms with Crippen LogP contribution < -0.4 is 0 Å². The summed E-state index contributed by atoms with van der Waals surface area (Å²) in [5.41, 5.74) is 6.52. The highest BCUT2D eigenvalue weighted by Gasteiger charge is 2.41. The molecule has 5 atom stereocenters. The van der Waals surface area contributed by atoms with Crippen molar-refractivity contribution in [2.45, 2.75) is 133 Å². The molecule has 0 saturated heterocycles. The van der Waals surface area contributed by atoms with E-state index in [-0.39, 0.29) is 48.3 Å². The molecule has 2 rings (SSSR count). The standard InChI is InChI=1S/C45H66O3.C4H6O3.CH2O2/c1-13-18-43(46)48-40-30-38(7)42(45(10,11)32-40)28-26-36(5)24-17-22-34(3)20-15-14-19-33(2)21-16-23-35(4)25-27-41-37(6)29-39(47-12)31-44(41,8)9;5-3-1-2-4(6)7;2-1-3/h14-17,19-29,38-42H,13,18,30-32H2,1-12H3;3H,1-2H2,(H,6,7);1H,(H,2,3)/b15-14+,21-16+,22-17+,27-25+,28-26+,33-19+,34-20+,35-23+,36-24+;;. The van der Waals surface area contributed by atoms with Crippen molar-refractivity contribution in [2.24, 2.45) is 28.6 Å². The Morgan fingerprint density at radius 1 is 0.793 bits per heavy atom. The van der Waals surface area contributed by atoms with Gasteiger partial charge in [0, 0.05) is 25.9 Å². The Labute approximate surface area is 350 Å². The Morgan fingerprint density at radius 3 is 1.72 bits per heavy atom. The van der Waals surface area contributed by atoms with E-state index < -0.39 is 5.97 Å². The molecule has 0 heterocycles. The van der Waals surface area contributed by atoms with Gasteiger partial charge in [0.15, 0.2) is 0 Å². The average molecular weight is 803 g/mol. The molecule has 0 bridgehead atoms. The molecular weight excluding hydrogens is 729 g/mol. The Morgan fingerprint density at radius 2 is 1.29 bits per heavy atom. The smallest absolute Gasteiger partial charge is 0.306 e. The zero-order valence-corrected chi connectivity index (χ0v) is 37.5. The lowest BCUT2D eigenvalue weighted by Crippen LogP contribution is -2.40. The van der Waals surface area contributed by atoms with Crippen LogP contribution in [0.25, 0.3) is 0 Å². The summed E-state index contributed by atoms with van der Waals surface area (Å²) in [7, 11) is 1.80. The number of allylic oxidation sites excluding steroid dienone is 19. The second-order valence-corrected chi connectivity index (χ2v) is 16.8. The monoisotopic (exact) mass is 803 g/mol. The molecule has 2 aliphatic carbocycles. The van der Waals surface area contributed by atoms with Crippen LogP contribution in [-0.4, -0.2) is 54.2 Å². The number of rotatable bonds is 17. The fourth-order valence-corrected chi connectivity index (χ4v) is 7.43. The second-order valence-electron chi connectivity index (χ2n) is 16.8. The lowest BCUT2D eigenvalue weighted by molar-refractivity contribution is -0.154. The number of ether oxygens (including phenoxy) is 2. The van der Waals surface area contributed by atoms with Gasteiger partial charge in [0.05, 0.1) is 12.5 Å². The molecule has 0 aliphatic heterocycles. The zero-order valence-electron chi connectivity index (χ0n) is 37.5. The number of hydrogen-bond acceptors (Lipinski definition) is 6. The number of hydrogen-bond donors (Lipinski definition) is 2. The van der Waals surface area contributed by atoms with Crippen molar-refractivity contribution < 1.29 is 38.9 Å². The molecule has 0 radical (unpaired) electrons. The number of esters is 1. The third-order valence-electron chi connectivity index (χ3n) is 10.3. The Kier molecular flexibility index (Phi) is 26.5. The van der Waals surface area contributed by atoms with Crippen LogP contribution in [0.2, 0.25) is 0 Å². The molecule has 8 heteroatoms. The van der Waals surface area contributed by atoms with E-state index in [2.05, 4.69) is 160 Å². The Balaban J connectivity index is 0.00000288.